The fourth-order valence-electron chi connectivity index (χ4n) is 4.56. The largest absolute Gasteiger partial charge is 0.385 e. The average Bonchev–Trinajstić information content (AvgIpc) is 3.12. The van der Waals surface area contributed by atoms with Gasteiger partial charge in [0, 0.05) is 30.1 Å². The molecule has 122 valence electrons. The zero-order valence-corrected chi connectivity index (χ0v) is 14.2. The van der Waals surface area contributed by atoms with Crippen molar-refractivity contribution < 1.29 is 5.11 Å². The number of piperidine rings is 1. The van der Waals surface area contributed by atoms with Crippen molar-refractivity contribution in [1.29, 1.82) is 0 Å². The van der Waals surface area contributed by atoms with E-state index in [1.54, 1.807) is 11.3 Å². The molecule has 0 amide bonds. The van der Waals surface area contributed by atoms with E-state index >= 15 is 0 Å². The van der Waals surface area contributed by atoms with Crippen LogP contribution in [0.25, 0.3) is 0 Å². The maximum absolute atomic E-state index is 11.5. The Balaban J connectivity index is 1.61. The highest BCUT2D eigenvalue weighted by Gasteiger charge is 2.48. The molecule has 0 spiro atoms. The Morgan fingerprint density at radius 2 is 2.04 bits per heavy atom. The molecule has 0 bridgehead atoms. The van der Waals surface area contributed by atoms with Crippen molar-refractivity contribution >= 4 is 11.3 Å². The number of hydrogen-bond acceptors (Lipinski definition) is 4. The average molecular weight is 328 g/mol. The predicted octanol–water partition coefficient (Wildman–Crippen LogP) is 3.80. The number of likely N-dealkylation sites (tertiary alicyclic amines) is 1. The van der Waals surface area contributed by atoms with Gasteiger partial charge in [-0.05, 0) is 24.8 Å². The predicted molar refractivity (Wildman–Crippen MR) is 93.2 cm³/mol. The van der Waals surface area contributed by atoms with Crippen LogP contribution in [0.3, 0.4) is 0 Å². The Labute approximate surface area is 142 Å². The topological polar surface area (TPSA) is 36.4 Å². The summed E-state index contributed by atoms with van der Waals surface area (Å²) in [4.78, 5) is 7.03. The summed E-state index contributed by atoms with van der Waals surface area (Å²) in [6.45, 7) is 1.88. The number of nitrogens with zero attached hydrogens (tertiary/aromatic N) is 2. The lowest BCUT2D eigenvalue weighted by Crippen LogP contribution is -2.57. The fraction of sp³-hybridized carbons (Fsp3) is 0.526. The van der Waals surface area contributed by atoms with Gasteiger partial charge in [0.15, 0.2) is 0 Å². The lowest BCUT2D eigenvalue weighted by atomic mass is 9.66. The maximum Gasteiger partial charge on any atom is 0.107 e. The van der Waals surface area contributed by atoms with Gasteiger partial charge in [-0.1, -0.05) is 43.2 Å². The Bertz CT molecular complexity index is 630. The molecular weight excluding hydrogens is 304 g/mol. The van der Waals surface area contributed by atoms with E-state index in [1.165, 1.54) is 24.3 Å². The minimum Gasteiger partial charge on any atom is -0.385 e. The summed E-state index contributed by atoms with van der Waals surface area (Å²) in [5.74, 6) is 0.340. The number of thiazole rings is 1. The van der Waals surface area contributed by atoms with Gasteiger partial charge in [-0.25, -0.2) is 4.98 Å². The van der Waals surface area contributed by atoms with Crippen LogP contribution >= 0.6 is 11.3 Å². The van der Waals surface area contributed by atoms with E-state index in [9.17, 15) is 5.11 Å². The van der Waals surface area contributed by atoms with Gasteiger partial charge >= 0.3 is 0 Å². The van der Waals surface area contributed by atoms with Crippen LogP contribution < -0.4 is 0 Å². The summed E-state index contributed by atoms with van der Waals surface area (Å²) in [7, 11) is 0. The second-order valence-corrected chi connectivity index (χ2v) is 7.87. The van der Waals surface area contributed by atoms with Crippen molar-refractivity contribution in [2.75, 3.05) is 6.54 Å². The molecule has 1 aromatic heterocycles. The van der Waals surface area contributed by atoms with Crippen LogP contribution in [0, 0.1) is 5.92 Å². The van der Waals surface area contributed by atoms with Crippen LogP contribution in [-0.4, -0.2) is 27.6 Å². The van der Waals surface area contributed by atoms with E-state index in [0.717, 1.165) is 31.5 Å². The Hall–Kier alpha value is -1.23. The third-order valence-electron chi connectivity index (χ3n) is 5.69. The van der Waals surface area contributed by atoms with Gasteiger partial charge in [-0.15, -0.1) is 11.3 Å². The highest BCUT2D eigenvalue weighted by molar-refractivity contribution is 7.09. The van der Waals surface area contributed by atoms with Crippen LogP contribution in [0.15, 0.2) is 41.9 Å². The number of benzene rings is 1. The maximum atomic E-state index is 11.5. The first-order chi connectivity index (χ1) is 11.3. The van der Waals surface area contributed by atoms with E-state index in [1.807, 2.05) is 24.4 Å². The van der Waals surface area contributed by atoms with E-state index in [4.69, 9.17) is 0 Å². The molecule has 1 aliphatic heterocycles. The zero-order valence-electron chi connectivity index (χ0n) is 13.4. The molecule has 3 atom stereocenters. The zero-order chi connectivity index (χ0) is 15.7. The van der Waals surface area contributed by atoms with E-state index < -0.39 is 5.60 Å². The lowest BCUT2D eigenvalue weighted by molar-refractivity contribution is -0.123. The first kappa shape index (κ1) is 15.3. The highest BCUT2D eigenvalue weighted by Crippen LogP contribution is 2.47. The van der Waals surface area contributed by atoms with Crippen molar-refractivity contribution in [2.24, 2.45) is 5.92 Å². The monoisotopic (exact) mass is 328 g/mol. The minimum absolute atomic E-state index is 0.340. The summed E-state index contributed by atoms with van der Waals surface area (Å²) in [6, 6.07) is 10.8. The minimum atomic E-state index is -0.661. The smallest absolute Gasteiger partial charge is 0.107 e. The van der Waals surface area contributed by atoms with E-state index in [2.05, 4.69) is 27.4 Å². The molecular formula is C19H24N2OS. The summed E-state index contributed by atoms with van der Waals surface area (Å²) in [5.41, 5.74) is 0.442. The first-order valence-corrected chi connectivity index (χ1v) is 9.56. The molecule has 2 aromatic rings. The second kappa shape index (κ2) is 6.34. The number of rotatable bonds is 3. The van der Waals surface area contributed by atoms with Gasteiger partial charge in [-0.2, -0.15) is 0 Å². The third kappa shape index (κ3) is 2.84. The summed E-state index contributed by atoms with van der Waals surface area (Å²) < 4.78 is 0. The molecule has 0 radical (unpaired) electrons. The van der Waals surface area contributed by atoms with Gasteiger partial charge in [0.05, 0.1) is 12.1 Å². The van der Waals surface area contributed by atoms with Crippen molar-refractivity contribution in [3.05, 3.63) is 52.5 Å². The molecule has 23 heavy (non-hydrogen) atoms. The molecule has 4 heteroatoms. The van der Waals surface area contributed by atoms with E-state index in [-0.39, 0.29) is 0 Å². The van der Waals surface area contributed by atoms with Gasteiger partial charge < -0.3 is 5.11 Å². The number of aromatic nitrogens is 1. The molecule has 2 fully saturated rings. The fourth-order valence-corrected chi connectivity index (χ4v) is 5.20. The number of aliphatic hydroxyl groups is 1. The molecule has 1 N–H and O–H groups in total. The van der Waals surface area contributed by atoms with Crippen molar-refractivity contribution in [2.45, 2.75) is 50.3 Å². The standard InChI is InChI=1S/C19H24N2OS/c22-19(15-6-2-1-3-7-15)10-12-21(14-18-20-11-13-23-18)17-9-5-4-8-16(17)19/h1-3,6-7,11,13,16-17,22H,4-5,8-10,12,14H2/t16-,17+,19+/m0/s1. The first-order valence-electron chi connectivity index (χ1n) is 8.68. The molecule has 1 aromatic carbocycles. The molecule has 1 aliphatic carbocycles. The Kier molecular flexibility index (Phi) is 4.22. The van der Waals surface area contributed by atoms with Gasteiger partial charge in [-0.3, -0.25) is 4.90 Å². The molecule has 3 nitrogen and oxygen atoms in total. The lowest BCUT2D eigenvalue weighted by Gasteiger charge is -2.52. The van der Waals surface area contributed by atoms with Gasteiger partial charge in [0.1, 0.15) is 5.01 Å². The number of hydrogen-bond donors (Lipinski definition) is 1. The van der Waals surface area contributed by atoms with Crippen LogP contribution in [0.5, 0.6) is 0 Å². The van der Waals surface area contributed by atoms with Crippen LogP contribution in [0.4, 0.5) is 0 Å². The van der Waals surface area contributed by atoms with Crippen molar-refractivity contribution in [3.8, 4) is 0 Å². The molecule has 1 saturated carbocycles. The van der Waals surface area contributed by atoms with E-state index in [0.29, 0.717) is 12.0 Å². The Morgan fingerprint density at radius 3 is 2.83 bits per heavy atom. The van der Waals surface area contributed by atoms with Gasteiger partial charge in [0.25, 0.3) is 0 Å². The molecule has 4 rings (SSSR count). The summed E-state index contributed by atoms with van der Waals surface area (Å²) in [6.07, 6.45) is 7.56. The second-order valence-electron chi connectivity index (χ2n) is 6.89. The van der Waals surface area contributed by atoms with Crippen molar-refractivity contribution in [1.82, 2.24) is 9.88 Å². The molecule has 0 unspecified atom stereocenters. The SMILES string of the molecule is O[C@@]1(c2ccccc2)CCN(Cc2nccs2)[C@@H]2CCCC[C@@H]21. The van der Waals surface area contributed by atoms with Crippen LogP contribution in [0.1, 0.15) is 42.7 Å². The quantitative estimate of drug-likeness (QED) is 0.931. The summed E-state index contributed by atoms with van der Waals surface area (Å²) >= 11 is 1.74. The van der Waals surface area contributed by atoms with Crippen LogP contribution in [0.2, 0.25) is 0 Å². The summed E-state index contributed by atoms with van der Waals surface area (Å²) in [5, 5.41) is 14.8. The van der Waals surface area contributed by atoms with Crippen molar-refractivity contribution in [3.63, 3.8) is 0 Å². The Morgan fingerprint density at radius 1 is 1.22 bits per heavy atom. The molecule has 2 heterocycles. The van der Waals surface area contributed by atoms with Crippen LogP contribution in [-0.2, 0) is 12.1 Å². The highest BCUT2D eigenvalue weighted by atomic mass is 32.1. The molecule has 1 saturated heterocycles. The normalized spacial score (nSPS) is 31.7. The molecule has 2 aliphatic rings. The number of fused-ring (bicyclic) bond motifs is 1. The third-order valence-corrected chi connectivity index (χ3v) is 6.45. The van der Waals surface area contributed by atoms with Gasteiger partial charge in [0.2, 0.25) is 0 Å².